The van der Waals surface area contributed by atoms with Crippen LogP contribution in [0.5, 0.6) is 0 Å². The first-order valence-electron chi connectivity index (χ1n) is 6.36. The van der Waals surface area contributed by atoms with Crippen molar-refractivity contribution in [2.45, 2.75) is 38.3 Å². The lowest BCUT2D eigenvalue weighted by Gasteiger charge is -2.22. The highest BCUT2D eigenvalue weighted by Crippen LogP contribution is 2.11. The van der Waals surface area contributed by atoms with Crippen molar-refractivity contribution in [3.63, 3.8) is 0 Å². The van der Waals surface area contributed by atoms with Crippen LogP contribution < -0.4 is 5.73 Å². The minimum absolute atomic E-state index is 0.121. The first kappa shape index (κ1) is 13.4. The number of hydrogen-bond donors (Lipinski definition) is 1. The van der Waals surface area contributed by atoms with Crippen LogP contribution in [0.1, 0.15) is 25.7 Å². The summed E-state index contributed by atoms with van der Waals surface area (Å²) in [6.45, 7) is 2.07. The third-order valence-corrected chi connectivity index (χ3v) is 3.41. The highest BCUT2D eigenvalue weighted by molar-refractivity contribution is 6.30. The van der Waals surface area contributed by atoms with Gasteiger partial charge in [-0.3, -0.25) is 9.48 Å². The fourth-order valence-corrected chi connectivity index (χ4v) is 2.39. The smallest absolute Gasteiger partial charge is 0.224 e. The molecule has 1 aromatic rings. The van der Waals surface area contributed by atoms with E-state index in [0.717, 1.165) is 25.8 Å². The lowest BCUT2D eigenvalue weighted by Crippen LogP contribution is -2.40. The van der Waals surface area contributed by atoms with Crippen LogP contribution in [-0.2, 0) is 11.3 Å². The average Bonchev–Trinajstić information content (AvgIpc) is 2.63. The maximum atomic E-state index is 12.1. The van der Waals surface area contributed by atoms with Crippen molar-refractivity contribution in [3.05, 3.63) is 17.4 Å². The molecule has 0 aliphatic carbocycles. The van der Waals surface area contributed by atoms with Gasteiger partial charge >= 0.3 is 0 Å². The third-order valence-electron chi connectivity index (χ3n) is 3.22. The van der Waals surface area contributed by atoms with Gasteiger partial charge in [-0.05, 0) is 12.8 Å². The number of carbonyl (C=O) groups excluding carboxylic acids is 1. The first-order chi connectivity index (χ1) is 8.65. The number of aryl methyl sites for hydroxylation is 1. The number of likely N-dealkylation sites (tertiary alicyclic amines) is 1. The van der Waals surface area contributed by atoms with Gasteiger partial charge in [0.05, 0.1) is 11.2 Å². The molecule has 18 heavy (non-hydrogen) atoms. The van der Waals surface area contributed by atoms with Crippen molar-refractivity contribution >= 4 is 17.5 Å². The van der Waals surface area contributed by atoms with E-state index in [4.69, 9.17) is 17.3 Å². The first-order valence-corrected chi connectivity index (χ1v) is 6.74. The summed E-state index contributed by atoms with van der Waals surface area (Å²) >= 11 is 5.77. The second-order valence-electron chi connectivity index (χ2n) is 4.77. The number of rotatable bonds is 3. The Hall–Kier alpha value is -1.07. The van der Waals surface area contributed by atoms with Crippen molar-refractivity contribution in [3.8, 4) is 0 Å². The van der Waals surface area contributed by atoms with Crippen molar-refractivity contribution < 1.29 is 4.79 Å². The summed E-state index contributed by atoms with van der Waals surface area (Å²) in [5.41, 5.74) is 5.94. The fraction of sp³-hybridized carbons (Fsp3) is 0.667. The Kier molecular flexibility index (Phi) is 4.60. The normalized spacial score (nSPS) is 20.8. The highest BCUT2D eigenvalue weighted by Gasteiger charge is 2.19. The molecule has 2 N–H and O–H groups in total. The molecule has 100 valence electrons. The van der Waals surface area contributed by atoms with Gasteiger partial charge in [0.25, 0.3) is 0 Å². The molecular weight excluding hydrogens is 252 g/mol. The molecule has 0 aromatic carbocycles. The topological polar surface area (TPSA) is 64.2 Å². The molecule has 0 spiro atoms. The molecule has 0 radical (unpaired) electrons. The maximum absolute atomic E-state index is 12.1. The summed E-state index contributed by atoms with van der Waals surface area (Å²) in [5.74, 6) is 0.152. The Morgan fingerprint density at radius 2 is 2.39 bits per heavy atom. The molecule has 1 unspecified atom stereocenters. The van der Waals surface area contributed by atoms with Crippen LogP contribution in [0.2, 0.25) is 5.02 Å². The van der Waals surface area contributed by atoms with Crippen LogP contribution in [-0.4, -0.2) is 39.7 Å². The van der Waals surface area contributed by atoms with Gasteiger partial charge in [0.15, 0.2) is 0 Å². The molecule has 1 saturated heterocycles. The van der Waals surface area contributed by atoms with Gasteiger partial charge in [-0.15, -0.1) is 0 Å². The number of halogens is 1. The van der Waals surface area contributed by atoms with Crippen molar-refractivity contribution in [2.75, 3.05) is 13.1 Å². The summed E-state index contributed by atoms with van der Waals surface area (Å²) in [7, 11) is 0. The van der Waals surface area contributed by atoms with E-state index in [1.165, 1.54) is 0 Å². The zero-order valence-electron chi connectivity index (χ0n) is 10.4. The van der Waals surface area contributed by atoms with Gasteiger partial charge in [-0.1, -0.05) is 18.0 Å². The monoisotopic (exact) mass is 270 g/mol. The summed E-state index contributed by atoms with van der Waals surface area (Å²) in [6, 6.07) is 0.121. The Labute approximate surface area is 112 Å². The standard InChI is InChI=1S/C12H19ClN4O/c13-10-7-15-17(8-10)6-4-12(18)16-5-2-1-3-11(14)9-16/h7-8,11H,1-6,9,14H2. The molecule has 2 rings (SSSR count). The summed E-state index contributed by atoms with van der Waals surface area (Å²) in [6.07, 6.45) is 6.92. The van der Waals surface area contributed by atoms with Crippen molar-refractivity contribution in [2.24, 2.45) is 5.73 Å². The molecular formula is C12H19ClN4O. The molecule has 1 aliphatic rings. The number of nitrogens with two attached hydrogens (primary N) is 1. The Balaban J connectivity index is 1.83. The van der Waals surface area contributed by atoms with E-state index in [9.17, 15) is 4.79 Å². The van der Waals surface area contributed by atoms with Crippen LogP contribution in [0.3, 0.4) is 0 Å². The second-order valence-corrected chi connectivity index (χ2v) is 5.20. The molecule has 0 saturated carbocycles. The Morgan fingerprint density at radius 3 is 3.11 bits per heavy atom. The van der Waals surface area contributed by atoms with Crippen LogP contribution in [0, 0.1) is 0 Å². The van der Waals surface area contributed by atoms with E-state index in [-0.39, 0.29) is 11.9 Å². The third kappa shape index (κ3) is 3.71. The van der Waals surface area contributed by atoms with Gasteiger partial charge in [0.2, 0.25) is 5.91 Å². The second kappa shape index (κ2) is 6.20. The van der Waals surface area contributed by atoms with Crippen LogP contribution in [0.4, 0.5) is 0 Å². The fourth-order valence-electron chi connectivity index (χ4n) is 2.23. The SMILES string of the molecule is NC1CCCCN(C(=O)CCn2cc(Cl)cn2)C1. The van der Waals surface area contributed by atoms with E-state index in [1.54, 1.807) is 17.1 Å². The molecule has 1 fully saturated rings. The molecule has 1 aliphatic heterocycles. The maximum Gasteiger partial charge on any atom is 0.224 e. The van der Waals surface area contributed by atoms with E-state index in [1.807, 2.05) is 4.90 Å². The molecule has 6 heteroatoms. The summed E-state index contributed by atoms with van der Waals surface area (Å²) < 4.78 is 1.69. The minimum atomic E-state index is 0.121. The molecule has 5 nitrogen and oxygen atoms in total. The highest BCUT2D eigenvalue weighted by atomic mass is 35.5. The predicted octanol–water partition coefficient (Wildman–Crippen LogP) is 1.27. The van der Waals surface area contributed by atoms with Gasteiger partial charge in [-0.25, -0.2) is 0 Å². The van der Waals surface area contributed by atoms with Crippen molar-refractivity contribution in [1.82, 2.24) is 14.7 Å². The van der Waals surface area contributed by atoms with Gasteiger partial charge < -0.3 is 10.6 Å². The van der Waals surface area contributed by atoms with Crippen LogP contribution in [0.15, 0.2) is 12.4 Å². The van der Waals surface area contributed by atoms with Gasteiger partial charge in [0.1, 0.15) is 0 Å². The molecule has 0 bridgehead atoms. The Morgan fingerprint density at radius 1 is 1.56 bits per heavy atom. The number of hydrogen-bond acceptors (Lipinski definition) is 3. The molecule has 1 atom stereocenters. The minimum Gasteiger partial charge on any atom is -0.341 e. The lowest BCUT2D eigenvalue weighted by atomic mass is 10.2. The Bertz CT molecular complexity index is 407. The molecule has 1 aromatic heterocycles. The summed E-state index contributed by atoms with van der Waals surface area (Å²) in [4.78, 5) is 14.0. The zero-order valence-corrected chi connectivity index (χ0v) is 11.1. The van der Waals surface area contributed by atoms with Crippen LogP contribution in [0.25, 0.3) is 0 Å². The average molecular weight is 271 g/mol. The number of aromatic nitrogens is 2. The number of carbonyl (C=O) groups is 1. The van der Waals surface area contributed by atoms with E-state index in [0.29, 0.717) is 24.5 Å². The van der Waals surface area contributed by atoms with E-state index in [2.05, 4.69) is 5.10 Å². The van der Waals surface area contributed by atoms with E-state index < -0.39 is 0 Å². The largest absolute Gasteiger partial charge is 0.341 e. The number of amides is 1. The number of nitrogens with zero attached hydrogens (tertiary/aromatic N) is 3. The van der Waals surface area contributed by atoms with Gasteiger partial charge in [0, 0.05) is 38.3 Å². The summed E-state index contributed by atoms with van der Waals surface area (Å²) in [5, 5.41) is 4.65. The lowest BCUT2D eigenvalue weighted by molar-refractivity contribution is -0.131. The van der Waals surface area contributed by atoms with Crippen LogP contribution >= 0.6 is 11.6 Å². The quantitative estimate of drug-likeness (QED) is 0.900. The van der Waals surface area contributed by atoms with Crippen molar-refractivity contribution in [1.29, 1.82) is 0 Å². The zero-order chi connectivity index (χ0) is 13.0. The predicted molar refractivity (Wildman–Crippen MR) is 70.3 cm³/mol. The molecule has 1 amide bonds. The molecule has 2 heterocycles. The van der Waals surface area contributed by atoms with E-state index >= 15 is 0 Å². The van der Waals surface area contributed by atoms with Gasteiger partial charge in [-0.2, -0.15) is 5.10 Å².